The smallest absolute Gasteiger partial charge is 0.0991 e. The molecule has 0 saturated heterocycles. The molecule has 1 N–H and O–H groups in total. The summed E-state index contributed by atoms with van der Waals surface area (Å²) in [6.45, 7) is 2.95. The average Bonchev–Trinajstić information content (AvgIpc) is 3.26. The molecule has 3 rings (SSSR count). The molecule has 2 aromatic carbocycles. The highest BCUT2D eigenvalue weighted by Gasteiger charge is 2.37. The van der Waals surface area contributed by atoms with Crippen molar-refractivity contribution in [2.75, 3.05) is 0 Å². The first-order valence-electron chi connectivity index (χ1n) is 7.06. The number of hydrogen-bond acceptors (Lipinski definition) is 2. The van der Waals surface area contributed by atoms with Crippen molar-refractivity contribution in [3.63, 3.8) is 0 Å². The van der Waals surface area contributed by atoms with Crippen molar-refractivity contribution in [2.24, 2.45) is 0 Å². The van der Waals surface area contributed by atoms with Gasteiger partial charge < -0.3 is 5.32 Å². The fourth-order valence-corrected chi connectivity index (χ4v) is 2.69. The quantitative estimate of drug-likeness (QED) is 0.915. The maximum absolute atomic E-state index is 8.88. The summed E-state index contributed by atoms with van der Waals surface area (Å²) in [7, 11) is 0. The Labute approximate surface area is 120 Å². The van der Waals surface area contributed by atoms with Crippen LogP contribution < -0.4 is 5.32 Å². The van der Waals surface area contributed by atoms with Crippen LogP contribution in [0.1, 0.15) is 34.6 Å². The number of benzene rings is 2. The van der Waals surface area contributed by atoms with Crippen molar-refractivity contribution < 1.29 is 0 Å². The third kappa shape index (κ3) is 2.74. The van der Waals surface area contributed by atoms with Crippen molar-refractivity contribution >= 4 is 0 Å². The van der Waals surface area contributed by atoms with Crippen LogP contribution in [-0.2, 0) is 6.54 Å². The minimum Gasteiger partial charge on any atom is -0.309 e. The van der Waals surface area contributed by atoms with Gasteiger partial charge in [0.25, 0.3) is 0 Å². The average molecular weight is 262 g/mol. The normalized spacial score (nSPS) is 20.4. The van der Waals surface area contributed by atoms with Crippen LogP contribution in [0.5, 0.6) is 0 Å². The number of rotatable bonds is 4. The highest BCUT2D eigenvalue weighted by molar-refractivity contribution is 5.37. The second kappa shape index (κ2) is 5.48. The van der Waals surface area contributed by atoms with E-state index in [1.807, 2.05) is 12.1 Å². The first-order valence-corrected chi connectivity index (χ1v) is 7.06. The number of aryl methyl sites for hydroxylation is 1. The molecule has 1 aliphatic carbocycles. The second-order valence-corrected chi connectivity index (χ2v) is 5.49. The molecule has 1 fully saturated rings. The zero-order valence-corrected chi connectivity index (χ0v) is 11.6. The summed E-state index contributed by atoms with van der Waals surface area (Å²) < 4.78 is 0. The first kappa shape index (κ1) is 12.9. The molecule has 2 nitrogen and oxygen atoms in total. The van der Waals surface area contributed by atoms with Crippen molar-refractivity contribution in [3.05, 3.63) is 70.8 Å². The molecule has 0 aliphatic heterocycles. The van der Waals surface area contributed by atoms with Gasteiger partial charge in [0.1, 0.15) is 0 Å². The molecule has 20 heavy (non-hydrogen) atoms. The van der Waals surface area contributed by atoms with E-state index in [1.165, 1.54) is 23.1 Å². The summed E-state index contributed by atoms with van der Waals surface area (Å²) in [5, 5.41) is 12.5. The molecule has 2 heteroatoms. The molecular formula is C18H18N2. The van der Waals surface area contributed by atoms with Gasteiger partial charge in [0.15, 0.2) is 0 Å². The third-order valence-electron chi connectivity index (χ3n) is 4.04. The van der Waals surface area contributed by atoms with Crippen LogP contribution >= 0.6 is 0 Å². The molecule has 1 aliphatic rings. The lowest BCUT2D eigenvalue weighted by Crippen LogP contribution is -2.17. The fourth-order valence-electron chi connectivity index (χ4n) is 2.69. The molecule has 2 unspecified atom stereocenters. The van der Waals surface area contributed by atoms with Crippen molar-refractivity contribution in [2.45, 2.75) is 31.8 Å². The minimum atomic E-state index is 0.590. The van der Waals surface area contributed by atoms with E-state index in [0.29, 0.717) is 12.0 Å². The summed E-state index contributed by atoms with van der Waals surface area (Å²) in [4.78, 5) is 0. The van der Waals surface area contributed by atoms with E-state index in [1.54, 1.807) is 0 Å². The molecule has 0 bridgehead atoms. The number of nitrogens with one attached hydrogen (secondary N) is 1. The molecule has 2 aromatic rings. The van der Waals surface area contributed by atoms with Crippen molar-refractivity contribution in [3.8, 4) is 6.07 Å². The van der Waals surface area contributed by atoms with Crippen LogP contribution in [0, 0.1) is 18.3 Å². The van der Waals surface area contributed by atoms with E-state index in [0.717, 1.165) is 12.1 Å². The summed E-state index contributed by atoms with van der Waals surface area (Å²) >= 11 is 0. The molecule has 0 radical (unpaired) electrons. The van der Waals surface area contributed by atoms with Crippen molar-refractivity contribution in [1.29, 1.82) is 5.26 Å². The largest absolute Gasteiger partial charge is 0.309 e. The lowest BCUT2D eigenvalue weighted by molar-refractivity contribution is 0.670. The maximum atomic E-state index is 8.88. The molecular weight excluding hydrogens is 244 g/mol. The predicted molar refractivity (Wildman–Crippen MR) is 80.3 cm³/mol. The summed E-state index contributed by atoms with van der Waals surface area (Å²) in [6.07, 6.45) is 1.22. The summed E-state index contributed by atoms with van der Waals surface area (Å²) in [6, 6.07) is 19.4. The Kier molecular flexibility index (Phi) is 3.54. The maximum Gasteiger partial charge on any atom is 0.0991 e. The van der Waals surface area contributed by atoms with Gasteiger partial charge in [-0.25, -0.2) is 0 Å². The minimum absolute atomic E-state index is 0.590. The lowest BCUT2D eigenvalue weighted by Gasteiger charge is -2.08. The zero-order valence-electron chi connectivity index (χ0n) is 11.6. The zero-order chi connectivity index (χ0) is 13.9. The van der Waals surface area contributed by atoms with Gasteiger partial charge in [-0.05, 0) is 42.2 Å². The Morgan fingerprint density at radius 3 is 2.70 bits per heavy atom. The van der Waals surface area contributed by atoms with E-state index < -0.39 is 0 Å². The fraction of sp³-hybridized carbons (Fsp3) is 0.278. The van der Waals surface area contributed by atoms with Crippen molar-refractivity contribution in [1.82, 2.24) is 5.32 Å². The van der Waals surface area contributed by atoms with Crippen LogP contribution in [0.15, 0.2) is 48.5 Å². The number of nitrogens with zero attached hydrogens (tertiary/aromatic N) is 1. The SMILES string of the molecule is Cc1cc(C#N)ccc1CNC1CC1c1ccccc1. The third-order valence-corrected chi connectivity index (χ3v) is 4.04. The lowest BCUT2D eigenvalue weighted by atomic mass is 10.1. The summed E-state index contributed by atoms with van der Waals surface area (Å²) in [5.74, 6) is 0.662. The van der Waals surface area contributed by atoms with Gasteiger partial charge in [-0.3, -0.25) is 0 Å². The van der Waals surface area contributed by atoms with E-state index in [2.05, 4.69) is 54.7 Å². The van der Waals surface area contributed by atoms with E-state index in [-0.39, 0.29) is 0 Å². The van der Waals surface area contributed by atoms with Gasteiger partial charge in [0.2, 0.25) is 0 Å². The summed E-state index contributed by atoms with van der Waals surface area (Å²) in [5.41, 5.74) is 4.64. The van der Waals surface area contributed by atoms with Crippen LogP contribution in [0.3, 0.4) is 0 Å². The van der Waals surface area contributed by atoms with Crippen LogP contribution in [0.4, 0.5) is 0 Å². The second-order valence-electron chi connectivity index (χ2n) is 5.49. The Hall–Kier alpha value is -2.11. The highest BCUT2D eigenvalue weighted by atomic mass is 15.0. The van der Waals surface area contributed by atoms with Gasteiger partial charge in [-0.1, -0.05) is 36.4 Å². The molecule has 0 heterocycles. The Bertz CT molecular complexity index is 640. The molecule has 0 aromatic heterocycles. The predicted octanol–water partition coefficient (Wildman–Crippen LogP) is 3.51. The highest BCUT2D eigenvalue weighted by Crippen LogP contribution is 2.40. The Morgan fingerprint density at radius 2 is 2.00 bits per heavy atom. The van der Waals surface area contributed by atoms with Crippen LogP contribution in [0.25, 0.3) is 0 Å². The Balaban J connectivity index is 1.58. The number of hydrogen-bond donors (Lipinski definition) is 1. The van der Waals surface area contributed by atoms with Crippen LogP contribution in [-0.4, -0.2) is 6.04 Å². The van der Waals surface area contributed by atoms with Gasteiger partial charge in [0.05, 0.1) is 11.6 Å². The monoisotopic (exact) mass is 262 g/mol. The molecule has 100 valence electrons. The molecule has 0 amide bonds. The van der Waals surface area contributed by atoms with Gasteiger partial charge in [-0.15, -0.1) is 0 Å². The van der Waals surface area contributed by atoms with E-state index in [9.17, 15) is 0 Å². The van der Waals surface area contributed by atoms with Crippen LogP contribution in [0.2, 0.25) is 0 Å². The van der Waals surface area contributed by atoms with E-state index in [4.69, 9.17) is 5.26 Å². The Morgan fingerprint density at radius 1 is 1.20 bits per heavy atom. The van der Waals surface area contributed by atoms with Gasteiger partial charge >= 0.3 is 0 Å². The standard InChI is InChI=1S/C18H18N2/c1-13-9-14(11-19)7-8-16(13)12-20-18-10-17(18)15-5-3-2-4-6-15/h2-9,17-18,20H,10,12H2,1H3. The number of nitriles is 1. The van der Waals surface area contributed by atoms with E-state index >= 15 is 0 Å². The van der Waals surface area contributed by atoms with Gasteiger partial charge in [0, 0.05) is 18.5 Å². The molecule has 0 spiro atoms. The topological polar surface area (TPSA) is 35.8 Å². The van der Waals surface area contributed by atoms with Gasteiger partial charge in [-0.2, -0.15) is 5.26 Å². The molecule has 1 saturated carbocycles. The first-order chi connectivity index (χ1) is 9.78. The molecule has 2 atom stereocenters.